The Kier molecular flexibility index (Phi) is 4.74. The molecule has 1 aliphatic rings. The Morgan fingerprint density at radius 2 is 1.21 bits per heavy atom. The van der Waals surface area contributed by atoms with E-state index in [1.807, 2.05) is 11.3 Å². The van der Waals surface area contributed by atoms with E-state index < -0.39 is 18.3 Å². The first-order valence-corrected chi connectivity index (χ1v) is 14.3. The van der Waals surface area contributed by atoms with Crippen LogP contribution in [0.25, 0.3) is 64.0 Å². The Morgan fingerprint density at radius 3 is 2.03 bits per heavy atom. The van der Waals surface area contributed by atoms with Crippen LogP contribution in [0.4, 0.5) is 0 Å². The lowest BCUT2D eigenvalue weighted by Crippen LogP contribution is -2.41. The summed E-state index contributed by atoms with van der Waals surface area (Å²) >= 11 is 1.81. The molecule has 0 unspecified atom stereocenters. The lowest BCUT2D eigenvalue weighted by Gasteiger charge is -2.32. The van der Waals surface area contributed by atoms with Crippen molar-refractivity contribution in [2.24, 2.45) is 0 Å². The Morgan fingerprint density at radius 1 is 0.564 bits per heavy atom. The van der Waals surface area contributed by atoms with Gasteiger partial charge in [0.25, 0.3) is 0 Å². The highest BCUT2D eigenvalue weighted by Crippen LogP contribution is 2.45. The van der Waals surface area contributed by atoms with Gasteiger partial charge in [-0.1, -0.05) is 72.8 Å². The second-order valence-electron chi connectivity index (χ2n) is 11.5. The normalized spacial score (nSPS) is 16.9. The average Bonchev–Trinajstić information content (AvgIpc) is 3.57. The third-order valence-electron chi connectivity index (χ3n) is 8.74. The largest absolute Gasteiger partial charge is 0.495 e. The minimum absolute atomic E-state index is 0.406. The molecule has 3 nitrogen and oxygen atoms in total. The van der Waals surface area contributed by atoms with Crippen LogP contribution in [0, 0.1) is 0 Å². The highest BCUT2D eigenvalue weighted by atomic mass is 32.1. The van der Waals surface area contributed by atoms with Gasteiger partial charge in [0, 0.05) is 41.9 Å². The number of fused-ring (bicyclic) bond motifs is 8. The summed E-state index contributed by atoms with van der Waals surface area (Å²) in [6, 6.07) is 32.3. The van der Waals surface area contributed by atoms with Crippen molar-refractivity contribution >= 4 is 76.8 Å². The molecule has 0 atom stereocenters. The molecule has 3 heterocycles. The molecular formula is C34H27BO3S. The predicted molar refractivity (Wildman–Crippen MR) is 165 cm³/mol. The minimum Gasteiger partial charge on any atom is -0.455 e. The van der Waals surface area contributed by atoms with Crippen LogP contribution in [-0.2, 0) is 9.31 Å². The van der Waals surface area contributed by atoms with Gasteiger partial charge < -0.3 is 13.7 Å². The van der Waals surface area contributed by atoms with Gasteiger partial charge in [0.15, 0.2) is 0 Å². The lowest BCUT2D eigenvalue weighted by molar-refractivity contribution is 0.00578. The molecule has 7 aromatic rings. The van der Waals surface area contributed by atoms with E-state index >= 15 is 0 Å². The first kappa shape index (κ1) is 23.3. The molecule has 0 spiro atoms. The van der Waals surface area contributed by atoms with Gasteiger partial charge in [-0.3, -0.25) is 0 Å². The van der Waals surface area contributed by atoms with Crippen LogP contribution in [0.3, 0.4) is 0 Å². The third-order valence-corrected chi connectivity index (χ3v) is 9.86. The van der Waals surface area contributed by atoms with E-state index in [1.165, 1.54) is 25.6 Å². The standard InChI is InChI=1S/C34H27BO3S/c1-33(2)34(3,4)38-35(37-33)26-15-9-17-28-30(26)29-22(12-8-16-27(29)39-28)23-13-7-14-24-25-19-18-20-10-5-6-11-21(20)31(25)36-32(23)24/h5-19H,1-4H3. The van der Waals surface area contributed by atoms with Crippen molar-refractivity contribution in [3.8, 4) is 11.1 Å². The maximum atomic E-state index is 6.73. The molecule has 0 bridgehead atoms. The van der Waals surface area contributed by atoms with Crippen molar-refractivity contribution in [1.82, 2.24) is 0 Å². The van der Waals surface area contributed by atoms with Crippen LogP contribution in [0.1, 0.15) is 27.7 Å². The van der Waals surface area contributed by atoms with E-state index in [2.05, 4.69) is 119 Å². The van der Waals surface area contributed by atoms with Crippen molar-refractivity contribution in [2.75, 3.05) is 0 Å². The molecule has 1 saturated heterocycles. The summed E-state index contributed by atoms with van der Waals surface area (Å²) in [5.74, 6) is 0. The van der Waals surface area contributed by atoms with Crippen molar-refractivity contribution in [2.45, 2.75) is 38.9 Å². The van der Waals surface area contributed by atoms with E-state index in [0.29, 0.717) is 0 Å². The Balaban J connectivity index is 1.42. The second-order valence-corrected chi connectivity index (χ2v) is 12.6. The fraction of sp³-hybridized carbons (Fsp3) is 0.176. The number of hydrogen-bond donors (Lipinski definition) is 0. The summed E-state index contributed by atoms with van der Waals surface area (Å²) in [6.07, 6.45) is 0. The van der Waals surface area contributed by atoms with Crippen molar-refractivity contribution in [3.05, 3.63) is 91.0 Å². The zero-order valence-corrected chi connectivity index (χ0v) is 23.2. The molecule has 0 radical (unpaired) electrons. The predicted octanol–water partition coefficient (Wildman–Crippen LogP) is 9.07. The molecule has 2 aromatic heterocycles. The Bertz CT molecular complexity index is 2080. The summed E-state index contributed by atoms with van der Waals surface area (Å²) in [4.78, 5) is 0. The van der Waals surface area contributed by atoms with E-state index in [-0.39, 0.29) is 0 Å². The van der Waals surface area contributed by atoms with E-state index in [9.17, 15) is 0 Å². The zero-order chi connectivity index (χ0) is 26.5. The number of thiophene rings is 1. The van der Waals surface area contributed by atoms with Crippen LogP contribution >= 0.6 is 11.3 Å². The number of rotatable bonds is 2. The van der Waals surface area contributed by atoms with Crippen molar-refractivity contribution in [3.63, 3.8) is 0 Å². The highest BCUT2D eigenvalue weighted by Gasteiger charge is 2.52. The summed E-state index contributed by atoms with van der Waals surface area (Å²) in [6.45, 7) is 8.43. The summed E-state index contributed by atoms with van der Waals surface area (Å²) in [5, 5.41) is 7.02. The van der Waals surface area contributed by atoms with Crippen molar-refractivity contribution < 1.29 is 13.7 Å². The van der Waals surface area contributed by atoms with Crippen LogP contribution in [-0.4, -0.2) is 18.3 Å². The molecule has 0 aliphatic carbocycles. The van der Waals surface area contributed by atoms with Gasteiger partial charge in [-0.25, -0.2) is 0 Å². The maximum Gasteiger partial charge on any atom is 0.495 e. The molecule has 1 aliphatic heterocycles. The molecule has 0 amide bonds. The van der Waals surface area contributed by atoms with Gasteiger partial charge in [-0.2, -0.15) is 0 Å². The molecule has 5 aromatic carbocycles. The fourth-order valence-corrected chi connectivity index (χ4v) is 7.19. The van der Waals surface area contributed by atoms with E-state index in [4.69, 9.17) is 13.7 Å². The van der Waals surface area contributed by atoms with Crippen LogP contribution in [0.5, 0.6) is 0 Å². The van der Waals surface area contributed by atoms with Crippen molar-refractivity contribution in [1.29, 1.82) is 0 Å². The number of hydrogen-bond acceptors (Lipinski definition) is 4. The Labute approximate surface area is 231 Å². The first-order chi connectivity index (χ1) is 18.8. The van der Waals surface area contributed by atoms with Gasteiger partial charge >= 0.3 is 7.12 Å². The minimum atomic E-state index is -0.432. The highest BCUT2D eigenvalue weighted by molar-refractivity contribution is 7.26. The van der Waals surface area contributed by atoms with Gasteiger partial charge in [-0.05, 0) is 62.3 Å². The summed E-state index contributed by atoms with van der Waals surface area (Å²) in [7, 11) is -0.432. The van der Waals surface area contributed by atoms with Gasteiger partial charge in [-0.15, -0.1) is 11.3 Å². The molecule has 8 rings (SSSR count). The molecular weight excluding hydrogens is 499 g/mol. The van der Waals surface area contributed by atoms with Crippen LogP contribution in [0.15, 0.2) is 95.4 Å². The molecule has 5 heteroatoms. The Hall–Kier alpha value is -3.64. The monoisotopic (exact) mass is 526 g/mol. The SMILES string of the molecule is CC1(C)OB(c2cccc3sc4cccc(-c5cccc6c5oc5c7ccccc7ccc65)c4c23)OC1(C)C. The summed E-state index contributed by atoms with van der Waals surface area (Å²) in [5.41, 5.74) is 4.39. The third kappa shape index (κ3) is 3.24. The average molecular weight is 526 g/mol. The smallest absolute Gasteiger partial charge is 0.455 e. The number of para-hydroxylation sites is 1. The fourth-order valence-electron chi connectivity index (χ4n) is 6.02. The van der Waals surface area contributed by atoms with Gasteiger partial charge in [0.2, 0.25) is 0 Å². The van der Waals surface area contributed by atoms with E-state index in [0.717, 1.165) is 43.9 Å². The molecule has 1 fully saturated rings. The topological polar surface area (TPSA) is 31.6 Å². The quantitative estimate of drug-likeness (QED) is 0.211. The number of furan rings is 1. The zero-order valence-electron chi connectivity index (χ0n) is 22.4. The van der Waals surface area contributed by atoms with Gasteiger partial charge in [0.1, 0.15) is 11.2 Å². The van der Waals surface area contributed by atoms with E-state index in [1.54, 1.807) is 0 Å². The lowest BCUT2D eigenvalue weighted by atomic mass is 9.76. The van der Waals surface area contributed by atoms with Crippen LogP contribution < -0.4 is 5.46 Å². The molecule has 190 valence electrons. The second kappa shape index (κ2) is 7.95. The maximum absolute atomic E-state index is 6.73. The molecule has 39 heavy (non-hydrogen) atoms. The van der Waals surface area contributed by atoms with Crippen LogP contribution in [0.2, 0.25) is 0 Å². The van der Waals surface area contributed by atoms with Gasteiger partial charge in [0.05, 0.1) is 11.2 Å². The number of benzene rings is 5. The summed E-state index contributed by atoms with van der Waals surface area (Å²) < 4.78 is 22.3. The molecule has 0 saturated carbocycles. The first-order valence-electron chi connectivity index (χ1n) is 13.5. The molecule has 0 N–H and O–H groups in total.